The molecule has 30 heavy (non-hydrogen) atoms. The molecule has 2 aliphatic heterocycles. The van der Waals surface area contributed by atoms with Crippen molar-refractivity contribution in [2.24, 2.45) is 0 Å². The number of amides is 1. The number of hydrogen-bond acceptors (Lipinski definition) is 3. The molecule has 156 valence electrons. The first-order valence-corrected chi connectivity index (χ1v) is 10.2. The van der Waals surface area contributed by atoms with E-state index in [-0.39, 0.29) is 11.4 Å². The van der Waals surface area contributed by atoms with E-state index < -0.39 is 11.7 Å². The van der Waals surface area contributed by atoms with Gasteiger partial charge in [-0.2, -0.15) is 0 Å². The van der Waals surface area contributed by atoms with Crippen LogP contribution in [0.15, 0.2) is 48.6 Å². The van der Waals surface area contributed by atoms with Gasteiger partial charge >= 0.3 is 0 Å². The van der Waals surface area contributed by atoms with Gasteiger partial charge in [-0.05, 0) is 67.9 Å². The zero-order chi connectivity index (χ0) is 21.1. The summed E-state index contributed by atoms with van der Waals surface area (Å²) < 4.78 is 29.2. The van der Waals surface area contributed by atoms with Crippen molar-refractivity contribution < 1.29 is 13.6 Å². The first kappa shape index (κ1) is 20.4. The van der Waals surface area contributed by atoms with Gasteiger partial charge in [0.05, 0.1) is 0 Å². The zero-order valence-electron chi connectivity index (χ0n) is 17.0. The van der Waals surface area contributed by atoms with Gasteiger partial charge in [-0.1, -0.05) is 18.2 Å². The van der Waals surface area contributed by atoms with Crippen LogP contribution in [-0.4, -0.2) is 44.0 Å². The number of likely N-dealkylation sites (N-methyl/N-ethyl adjacent to an activating group) is 1. The molecule has 0 saturated heterocycles. The van der Waals surface area contributed by atoms with Crippen LogP contribution in [0.1, 0.15) is 34.3 Å². The Hall–Kier alpha value is -2.83. The molecule has 0 bridgehead atoms. The number of benzene rings is 2. The number of hydrogen-bond donors (Lipinski definition) is 2. The normalized spacial score (nSPS) is 17.3. The first-order valence-electron chi connectivity index (χ1n) is 10.2. The van der Waals surface area contributed by atoms with Crippen LogP contribution in [0.25, 0.3) is 11.1 Å². The summed E-state index contributed by atoms with van der Waals surface area (Å²) in [5.74, 6) is -1.26. The Kier molecular flexibility index (Phi) is 6.06. The Morgan fingerprint density at radius 1 is 1.00 bits per heavy atom. The predicted octanol–water partition coefficient (Wildman–Crippen LogP) is 4.31. The van der Waals surface area contributed by atoms with Gasteiger partial charge in [0.15, 0.2) is 0 Å². The molecule has 4 nitrogen and oxygen atoms in total. The van der Waals surface area contributed by atoms with E-state index in [1.54, 1.807) is 24.3 Å². The lowest BCUT2D eigenvalue weighted by Crippen LogP contribution is -2.24. The number of nitrogens with one attached hydrogen (secondary N) is 2. The Morgan fingerprint density at radius 2 is 1.73 bits per heavy atom. The Bertz CT molecular complexity index is 1030. The van der Waals surface area contributed by atoms with Crippen LogP contribution < -0.4 is 10.6 Å². The Labute approximate surface area is 175 Å². The second-order valence-electron chi connectivity index (χ2n) is 7.77. The molecule has 1 amide bonds. The number of halogens is 2. The SMILES string of the molecule is CN1CC=C(c2ccc(C(=O)Nc3ccc(C4=CCNCC4)c(F)c3)cc2F)CC1. The number of carbonyl (C=O) groups excluding carboxylic acids is 1. The summed E-state index contributed by atoms with van der Waals surface area (Å²) in [5.41, 5.74) is 3.56. The van der Waals surface area contributed by atoms with Crippen LogP contribution >= 0.6 is 0 Å². The molecule has 0 saturated carbocycles. The molecule has 0 unspecified atom stereocenters. The van der Waals surface area contributed by atoms with E-state index in [0.717, 1.165) is 50.2 Å². The van der Waals surface area contributed by atoms with Crippen LogP contribution in [0.3, 0.4) is 0 Å². The molecule has 0 aliphatic carbocycles. The van der Waals surface area contributed by atoms with Crippen molar-refractivity contribution in [1.82, 2.24) is 10.2 Å². The summed E-state index contributed by atoms with van der Waals surface area (Å²) in [4.78, 5) is 14.7. The standard InChI is InChI=1S/C24H25F2N3O/c1-29-12-8-17(9-13-29)20-4-2-18(14-22(20)25)24(30)28-19-3-5-21(23(26)15-19)16-6-10-27-11-7-16/h2-6,8,14-15,27H,7,9-13H2,1H3,(H,28,30). The minimum atomic E-state index is -0.467. The first-order chi connectivity index (χ1) is 14.5. The molecule has 0 radical (unpaired) electrons. The van der Waals surface area contributed by atoms with E-state index in [0.29, 0.717) is 16.8 Å². The minimum absolute atomic E-state index is 0.204. The van der Waals surface area contributed by atoms with Crippen molar-refractivity contribution in [1.29, 1.82) is 0 Å². The molecular formula is C24H25F2N3O. The average molecular weight is 409 g/mol. The van der Waals surface area contributed by atoms with Crippen LogP contribution in [0.4, 0.5) is 14.5 Å². The van der Waals surface area contributed by atoms with E-state index >= 15 is 0 Å². The maximum atomic E-state index is 14.6. The number of carbonyl (C=O) groups is 1. The van der Waals surface area contributed by atoms with Crippen molar-refractivity contribution in [2.75, 3.05) is 38.5 Å². The van der Waals surface area contributed by atoms with Crippen LogP contribution in [0.2, 0.25) is 0 Å². The predicted molar refractivity (Wildman–Crippen MR) is 116 cm³/mol. The molecule has 0 atom stereocenters. The van der Waals surface area contributed by atoms with Crippen LogP contribution in [0, 0.1) is 11.6 Å². The topological polar surface area (TPSA) is 44.4 Å². The van der Waals surface area contributed by atoms with Gasteiger partial charge in [-0.15, -0.1) is 0 Å². The van der Waals surface area contributed by atoms with Gasteiger partial charge in [-0.3, -0.25) is 4.79 Å². The van der Waals surface area contributed by atoms with Gasteiger partial charge in [-0.25, -0.2) is 8.78 Å². The maximum Gasteiger partial charge on any atom is 0.255 e. The largest absolute Gasteiger partial charge is 0.322 e. The molecule has 2 aliphatic rings. The van der Waals surface area contributed by atoms with E-state index in [4.69, 9.17) is 0 Å². The highest BCUT2D eigenvalue weighted by Crippen LogP contribution is 2.27. The number of nitrogens with zero attached hydrogens (tertiary/aromatic N) is 1. The fraction of sp³-hybridized carbons (Fsp3) is 0.292. The third kappa shape index (κ3) is 4.50. The molecule has 2 heterocycles. The second-order valence-corrected chi connectivity index (χ2v) is 7.77. The molecule has 6 heteroatoms. The van der Waals surface area contributed by atoms with Crippen molar-refractivity contribution in [3.63, 3.8) is 0 Å². The monoisotopic (exact) mass is 409 g/mol. The highest BCUT2D eigenvalue weighted by molar-refractivity contribution is 6.04. The summed E-state index contributed by atoms with van der Waals surface area (Å²) >= 11 is 0. The second kappa shape index (κ2) is 8.90. The summed E-state index contributed by atoms with van der Waals surface area (Å²) in [5, 5.41) is 5.86. The molecule has 0 aromatic heterocycles. The molecule has 2 N–H and O–H groups in total. The van der Waals surface area contributed by atoms with Gasteiger partial charge in [0.1, 0.15) is 11.6 Å². The lowest BCUT2D eigenvalue weighted by atomic mass is 9.97. The average Bonchev–Trinajstić information content (AvgIpc) is 2.75. The van der Waals surface area contributed by atoms with Gasteiger partial charge in [0, 0.05) is 42.0 Å². The van der Waals surface area contributed by atoms with Crippen molar-refractivity contribution in [3.8, 4) is 0 Å². The summed E-state index contributed by atoms with van der Waals surface area (Å²) in [6.07, 6.45) is 5.53. The van der Waals surface area contributed by atoms with Gasteiger partial charge in [0.25, 0.3) is 5.91 Å². The van der Waals surface area contributed by atoms with Crippen molar-refractivity contribution >= 4 is 22.7 Å². The molecule has 0 spiro atoms. The zero-order valence-corrected chi connectivity index (χ0v) is 17.0. The number of rotatable bonds is 4. The summed E-state index contributed by atoms with van der Waals surface area (Å²) in [6.45, 7) is 3.20. The van der Waals surface area contributed by atoms with E-state index in [1.165, 1.54) is 12.1 Å². The Morgan fingerprint density at radius 3 is 2.37 bits per heavy atom. The van der Waals surface area contributed by atoms with Gasteiger partial charge in [0.2, 0.25) is 0 Å². The fourth-order valence-corrected chi connectivity index (χ4v) is 3.86. The van der Waals surface area contributed by atoms with Crippen LogP contribution in [-0.2, 0) is 0 Å². The highest BCUT2D eigenvalue weighted by atomic mass is 19.1. The molecule has 4 rings (SSSR count). The minimum Gasteiger partial charge on any atom is -0.322 e. The van der Waals surface area contributed by atoms with Crippen molar-refractivity contribution in [3.05, 3.63) is 76.9 Å². The summed E-state index contributed by atoms with van der Waals surface area (Å²) in [7, 11) is 2.02. The Balaban J connectivity index is 1.48. The quantitative estimate of drug-likeness (QED) is 0.791. The van der Waals surface area contributed by atoms with Crippen molar-refractivity contribution in [2.45, 2.75) is 12.8 Å². The lowest BCUT2D eigenvalue weighted by molar-refractivity contribution is 0.102. The molecule has 2 aromatic rings. The maximum absolute atomic E-state index is 14.6. The van der Waals surface area contributed by atoms with E-state index in [1.807, 2.05) is 19.2 Å². The van der Waals surface area contributed by atoms with Crippen LogP contribution in [0.5, 0.6) is 0 Å². The smallest absolute Gasteiger partial charge is 0.255 e. The van der Waals surface area contributed by atoms with E-state index in [9.17, 15) is 13.6 Å². The fourth-order valence-electron chi connectivity index (χ4n) is 3.86. The molecular weight excluding hydrogens is 384 g/mol. The molecule has 2 aromatic carbocycles. The third-order valence-corrected chi connectivity index (χ3v) is 5.63. The summed E-state index contributed by atoms with van der Waals surface area (Å²) in [6, 6.07) is 9.16. The highest BCUT2D eigenvalue weighted by Gasteiger charge is 2.16. The number of anilines is 1. The molecule has 0 fully saturated rings. The lowest BCUT2D eigenvalue weighted by Gasteiger charge is -2.22. The van der Waals surface area contributed by atoms with E-state index in [2.05, 4.69) is 15.5 Å². The third-order valence-electron chi connectivity index (χ3n) is 5.63. The van der Waals surface area contributed by atoms with Gasteiger partial charge < -0.3 is 15.5 Å².